The molecule has 1 aliphatic carbocycles. The summed E-state index contributed by atoms with van der Waals surface area (Å²) in [6.45, 7) is 6.93. The fourth-order valence-electron chi connectivity index (χ4n) is 6.37. The molecule has 5 unspecified atom stereocenters. The number of aliphatic imine (C=N–C) groups is 1. The van der Waals surface area contributed by atoms with E-state index in [0.717, 1.165) is 32.4 Å². The molecular formula is C28H35N3O. The van der Waals surface area contributed by atoms with E-state index in [0.29, 0.717) is 30.2 Å². The third-order valence-electron chi connectivity index (χ3n) is 7.80. The Bertz CT molecular complexity index is 957. The maximum Gasteiger partial charge on any atom is 0.249 e. The van der Waals surface area contributed by atoms with Crippen LogP contribution in [0.5, 0.6) is 0 Å². The molecule has 6 rings (SSSR count). The summed E-state index contributed by atoms with van der Waals surface area (Å²) in [5, 5.41) is 3.29. The van der Waals surface area contributed by atoms with Crippen molar-refractivity contribution in [1.29, 1.82) is 0 Å². The lowest BCUT2D eigenvalue weighted by atomic mass is 9.54. The summed E-state index contributed by atoms with van der Waals surface area (Å²) in [5.74, 6) is 1.77. The van der Waals surface area contributed by atoms with Crippen LogP contribution in [-0.4, -0.2) is 41.7 Å². The molecule has 4 aliphatic rings. The van der Waals surface area contributed by atoms with Gasteiger partial charge in [-0.1, -0.05) is 74.5 Å². The SMILES string of the molecule is CC(C)CNC(=O)C12N=CC3CC1CCN(Cc1ccccc1)C2C3Cc1ccccc1. The van der Waals surface area contributed by atoms with E-state index in [4.69, 9.17) is 4.99 Å². The second-order valence-electron chi connectivity index (χ2n) is 10.3. The van der Waals surface area contributed by atoms with Gasteiger partial charge < -0.3 is 5.32 Å². The van der Waals surface area contributed by atoms with E-state index < -0.39 is 5.54 Å². The summed E-state index contributed by atoms with van der Waals surface area (Å²) in [6.07, 6.45) is 5.27. The molecule has 4 nitrogen and oxygen atoms in total. The van der Waals surface area contributed by atoms with Crippen LogP contribution >= 0.6 is 0 Å². The van der Waals surface area contributed by atoms with E-state index in [1.807, 2.05) is 0 Å². The Kier molecular flexibility index (Phi) is 5.90. The highest BCUT2D eigenvalue weighted by atomic mass is 16.2. The molecule has 2 aromatic rings. The topological polar surface area (TPSA) is 44.7 Å². The lowest BCUT2D eigenvalue weighted by Gasteiger charge is -2.61. The highest BCUT2D eigenvalue weighted by Crippen LogP contribution is 2.53. The van der Waals surface area contributed by atoms with E-state index in [9.17, 15) is 4.79 Å². The molecule has 4 heteroatoms. The first-order valence-electron chi connectivity index (χ1n) is 12.2. The van der Waals surface area contributed by atoms with Gasteiger partial charge in [0.2, 0.25) is 5.91 Å². The Morgan fingerprint density at radius 1 is 1.09 bits per heavy atom. The van der Waals surface area contributed by atoms with Crippen molar-refractivity contribution in [3.8, 4) is 0 Å². The van der Waals surface area contributed by atoms with Gasteiger partial charge in [-0.2, -0.15) is 0 Å². The second-order valence-corrected chi connectivity index (χ2v) is 10.3. The summed E-state index contributed by atoms with van der Waals surface area (Å²) in [4.78, 5) is 21.5. The predicted octanol–water partition coefficient (Wildman–Crippen LogP) is 4.35. The van der Waals surface area contributed by atoms with Crippen LogP contribution in [-0.2, 0) is 17.8 Å². The summed E-state index contributed by atoms with van der Waals surface area (Å²) in [5.41, 5.74) is 2.02. The fourth-order valence-corrected chi connectivity index (χ4v) is 6.37. The Balaban J connectivity index is 1.52. The summed E-state index contributed by atoms with van der Waals surface area (Å²) in [7, 11) is 0. The zero-order valence-electron chi connectivity index (χ0n) is 19.3. The Hall–Kier alpha value is -2.46. The third-order valence-corrected chi connectivity index (χ3v) is 7.80. The summed E-state index contributed by atoms with van der Waals surface area (Å²) >= 11 is 0. The van der Waals surface area contributed by atoms with Crippen LogP contribution in [0, 0.1) is 23.7 Å². The maximum absolute atomic E-state index is 13.8. The maximum atomic E-state index is 13.8. The van der Waals surface area contributed by atoms with Crippen molar-refractivity contribution >= 4 is 12.1 Å². The second kappa shape index (κ2) is 8.82. The van der Waals surface area contributed by atoms with Gasteiger partial charge in [0.1, 0.15) is 0 Å². The van der Waals surface area contributed by atoms with Crippen LogP contribution in [0.4, 0.5) is 0 Å². The van der Waals surface area contributed by atoms with E-state index >= 15 is 0 Å². The van der Waals surface area contributed by atoms with Gasteiger partial charge in [-0.05, 0) is 60.6 Å². The molecule has 0 radical (unpaired) electrons. The number of likely N-dealkylation sites (tertiary alicyclic amines) is 1. The molecule has 2 fully saturated rings. The van der Waals surface area contributed by atoms with Crippen LogP contribution in [0.2, 0.25) is 0 Å². The number of hydrogen-bond acceptors (Lipinski definition) is 3. The standard InChI is InChI=1S/C28H35N3O/c1-20(2)17-29-27(32)28-24-13-14-31(19-22-11-7-4-8-12-22)26(28)25(23(16-24)18-30-28)15-21-9-5-3-6-10-21/h3-12,18,20,23-26H,13-17,19H2,1-2H3,(H,29,32). The minimum atomic E-state index is -0.657. The van der Waals surface area contributed by atoms with Crippen molar-refractivity contribution in [3.63, 3.8) is 0 Å². The Morgan fingerprint density at radius 2 is 1.78 bits per heavy atom. The van der Waals surface area contributed by atoms with Gasteiger partial charge in [0.15, 0.2) is 5.54 Å². The first-order chi connectivity index (χ1) is 15.6. The van der Waals surface area contributed by atoms with Gasteiger partial charge in [0.25, 0.3) is 0 Å². The molecule has 1 amide bonds. The summed E-state index contributed by atoms with van der Waals surface area (Å²) < 4.78 is 0. The number of rotatable bonds is 7. The summed E-state index contributed by atoms with van der Waals surface area (Å²) in [6, 6.07) is 21.6. The number of hydrogen-bond donors (Lipinski definition) is 1. The Labute approximate surface area is 192 Å². The van der Waals surface area contributed by atoms with Crippen molar-refractivity contribution in [2.45, 2.75) is 51.2 Å². The number of amides is 1. The monoisotopic (exact) mass is 429 g/mol. The normalized spacial score (nSPS) is 31.1. The third kappa shape index (κ3) is 3.79. The number of benzene rings is 2. The molecule has 3 heterocycles. The number of nitrogens with one attached hydrogen (secondary N) is 1. The lowest BCUT2D eigenvalue weighted by Crippen LogP contribution is -2.74. The van der Waals surface area contributed by atoms with Crippen LogP contribution in [0.15, 0.2) is 65.7 Å². The van der Waals surface area contributed by atoms with Crippen molar-refractivity contribution in [1.82, 2.24) is 10.2 Å². The van der Waals surface area contributed by atoms with Gasteiger partial charge in [-0.15, -0.1) is 0 Å². The van der Waals surface area contributed by atoms with Crippen molar-refractivity contribution < 1.29 is 4.79 Å². The molecule has 168 valence electrons. The molecule has 1 N–H and O–H groups in total. The van der Waals surface area contributed by atoms with Crippen LogP contribution in [0.1, 0.15) is 37.8 Å². The molecule has 1 saturated heterocycles. The zero-order valence-corrected chi connectivity index (χ0v) is 19.3. The van der Waals surface area contributed by atoms with Crippen LogP contribution < -0.4 is 5.32 Å². The van der Waals surface area contributed by atoms with E-state index in [-0.39, 0.29) is 11.9 Å². The predicted molar refractivity (Wildman–Crippen MR) is 130 cm³/mol. The molecule has 1 saturated carbocycles. The first kappa shape index (κ1) is 21.4. The number of piperidine rings is 1. The molecule has 32 heavy (non-hydrogen) atoms. The molecular weight excluding hydrogens is 394 g/mol. The zero-order chi connectivity index (χ0) is 22.1. The van der Waals surface area contributed by atoms with Gasteiger partial charge in [0, 0.05) is 25.3 Å². The minimum Gasteiger partial charge on any atom is -0.354 e. The van der Waals surface area contributed by atoms with Gasteiger partial charge in [-0.25, -0.2) is 0 Å². The number of carbonyl (C=O) groups excluding carboxylic acids is 1. The van der Waals surface area contributed by atoms with Crippen molar-refractivity contribution in [2.24, 2.45) is 28.7 Å². The number of nitrogens with zero attached hydrogens (tertiary/aromatic N) is 2. The van der Waals surface area contributed by atoms with E-state index in [1.54, 1.807) is 0 Å². The van der Waals surface area contributed by atoms with Crippen LogP contribution in [0.3, 0.4) is 0 Å². The minimum absolute atomic E-state index is 0.137. The molecule has 0 spiro atoms. The molecule has 4 bridgehead atoms. The smallest absolute Gasteiger partial charge is 0.249 e. The number of carbonyl (C=O) groups is 1. The van der Waals surface area contributed by atoms with E-state index in [1.165, 1.54) is 11.1 Å². The first-order valence-corrected chi connectivity index (χ1v) is 12.2. The van der Waals surface area contributed by atoms with Gasteiger partial charge >= 0.3 is 0 Å². The average molecular weight is 430 g/mol. The van der Waals surface area contributed by atoms with Crippen molar-refractivity contribution in [3.05, 3.63) is 71.8 Å². The van der Waals surface area contributed by atoms with Gasteiger partial charge in [-0.3, -0.25) is 14.7 Å². The quantitative estimate of drug-likeness (QED) is 0.711. The Morgan fingerprint density at radius 3 is 2.47 bits per heavy atom. The largest absolute Gasteiger partial charge is 0.354 e. The fraction of sp³-hybridized carbons (Fsp3) is 0.500. The van der Waals surface area contributed by atoms with E-state index in [2.05, 4.69) is 90.9 Å². The van der Waals surface area contributed by atoms with Crippen molar-refractivity contribution in [2.75, 3.05) is 13.1 Å². The average Bonchev–Trinajstić information content (AvgIpc) is 2.82. The molecule has 2 aromatic carbocycles. The lowest BCUT2D eigenvalue weighted by molar-refractivity contribution is -0.144. The highest BCUT2D eigenvalue weighted by Gasteiger charge is 2.64. The molecule has 3 aliphatic heterocycles. The van der Waals surface area contributed by atoms with Crippen LogP contribution in [0.25, 0.3) is 0 Å². The molecule has 0 aromatic heterocycles. The van der Waals surface area contributed by atoms with Gasteiger partial charge in [0.05, 0.1) is 0 Å². The molecule has 5 atom stereocenters. The highest BCUT2D eigenvalue weighted by molar-refractivity contribution is 5.91.